The molecule has 1 N–H and O–H groups in total. The minimum absolute atomic E-state index is 0.0318. The molecule has 1 aromatic heterocycles. The maximum Gasteiger partial charge on any atom is 0.258 e. The number of carbonyl (C=O) groups excluding carboxylic acids is 2. The van der Waals surface area contributed by atoms with E-state index in [2.05, 4.69) is 16.4 Å². The first-order valence-corrected chi connectivity index (χ1v) is 12.4. The van der Waals surface area contributed by atoms with Crippen molar-refractivity contribution in [2.75, 3.05) is 16.8 Å². The quantitative estimate of drug-likeness (QED) is 0.381. The van der Waals surface area contributed by atoms with E-state index in [9.17, 15) is 9.59 Å². The molecular weight excluding hydrogens is 458 g/mol. The highest BCUT2D eigenvalue weighted by Crippen LogP contribution is 2.29. The lowest BCUT2D eigenvalue weighted by Crippen LogP contribution is -2.28. The second-order valence-electron chi connectivity index (χ2n) is 8.47. The van der Waals surface area contributed by atoms with Crippen molar-refractivity contribution in [3.05, 3.63) is 106 Å². The molecule has 35 heavy (non-hydrogen) atoms. The van der Waals surface area contributed by atoms with E-state index in [-0.39, 0.29) is 18.2 Å². The van der Waals surface area contributed by atoms with Crippen LogP contribution in [0.4, 0.5) is 11.4 Å². The fourth-order valence-electron chi connectivity index (χ4n) is 4.05. The molecule has 0 aliphatic carbocycles. The van der Waals surface area contributed by atoms with Crippen LogP contribution in [-0.4, -0.2) is 23.3 Å². The number of anilines is 2. The van der Waals surface area contributed by atoms with E-state index >= 15 is 0 Å². The molecule has 0 saturated carbocycles. The number of rotatable bonds is 7. The van der Waals surface area contributed by atoms with Gasteiger partial charge in [0.1, 0.15) is 17.4 Å². The van der Waals surface area contributed by atoms with Crippen LogP contribution in [0, 0.1) is 6.92 Å². The van der Waals surface area contributed by atoms with Crippen LogP contribution in [0.15, 0.2) is 78.2 Å². The number of aromatic nitrogens is 1. The van der Waals surface area contributed by atoms with Gasteiger partial charge in [-0.3, -0.25) is 9.59 Å². The first kappa shape index (κ1) is 22.8. The van der Waals surface area contributed by atoms with Gasteiger partial charge >= 0.3 is 0 Å². The smallest absolute Gasteiger partial charge is 0.258 e. The molecule has 2 amide bonds. The number of aryl methyl sites for hydroxylation is 1. The summed E-state index contributed by atoms with van der Waals surface area (Å²) in [6.07, 6.45) is 1.04. The van der Waals surface area contributed by atoms with Gasteiger partial charge in [-0.2, -0.15) is 0 Å². The van der Waals surface area contributed by atoms with E-state index in [1.165, 1.54) is 22.5 Å². The molecule has 2 heterocycles. The van der Waals surface area contributed by atoms with Crippen LogP contribution in [0.1, 0.15) is 32.2 Å². The summed E-state index contributed by atoms with van der Waals surface area (Å²) in [5, 5.41) is 5.58. The van der Waals surface area contributed by atoms with Crippen molar-refractivity contribution in [3.63, 3.8) is 0 Å². The summed E-state index contributed by atoms with van der Waals surface area (Å²) >= 11 is 1.47. The zero-order valence-corrected chi connectivity index (χ0v) is 20.2. The first-order chi connectivity index (χ1) is 17.0. The van der Waals surface area contributed by atoms with Crippen molar-refractivity contribution in [2.24, 2.45) is 0 Å². The fourth-order valence-corrected chi connectivity index (χ4v) is 4.75. The summed E-state index contributed by atoms with van der Waals surface area (Å²) < 4.78 is 5.76. The van der Waals surface area contributed by atoms with Crippen LogP contribution in [0.2, 0.25) is 0 Å². The number of carbonyl (C=O) groups is 2. The normalized spacial score (nSPS) is 12.3. The zero-order valence-electron chi connectivity index (χ0n) is 19.4. The summed E-state index contributed by atoms with van der Waals surface area (Å²) in [6, 6.07) is 22.9. The third kappa shape index (κ3) is 5.41. The van der Waals surface area contributed by atoms with Crippen LogP contribution in [0.5, 0.6) is 5.75 Å². The Labute approximate surface area is 208 Å². The van der Waals surface area contributed by atoms with Crippen LogP contribution in [0.25, 0.3) is 0 Å². The van der Waals surface area contributed by atoms with E-state index < -0.39 is 0 Å². The SMILES string of the molecule is Cc1ccc(OCc2nc(CC(=O)Nc3ccc(C(=O)N4CCc5ccccc54)cc3)cs2)cc1. The number of amides is 2. The Kier molecular flexibility index (Phi) is 6.59. The summed E-state index contributed by atoms with van der Waals surface area (Å²) in [5.74, 6) is 0.602. The minimum atomic E-state index is -0.158. The molecule has 6 nitrogen and oxygen atoms in total. The average Bonchev–Trinajstić information content (AvgIpc) is 3.50. The van der Waals surface area contributed by atoms with Crippen molar-refractivity contribution >= 4 is 34.5 Å². The molecule has 0 spiro atoms. The highest BCUT2D eigenvalue weighted by atomic mass is 32.1. The maximum absolute atomic E-state index is 13.0. The highest BCUT2D eigenvalue weighted by molar-refractivity contribution is 7.09. The topological polar surface area (TPSA) is 71.5 Å². The fraction of sp³-hybridized carbons (Fsp3) is 0.179. The summed E-state index contributed by atoms with van der Waals surface area (Å²) in [7, 11) is 0. The predicted molar refractivity (Wildman–Crippen MR) is 138 cm³/mol. The van der Waals surface area contributed by atoms with Gasteiger partial charge in [0.2, 0.25) is 5.91 Å². The number of para-hydroxylation sites is 1. The molecular formula is C28H25N3O3S. The molecule has 0 bridgehead atoms. The molecule has 1 aliphatic rings. The lowest BCUT2D eigenvalue weighted by Gasteiger charge is -2.17. The number of nitrogens with zero attached hydrogens (tertiary/aromatic N) is 2. The second-order valence-corrected chi connectivity index (χ2v) is 9.41. The number of ether oxygens (including phenoxy) is 1. The number of hydrogen-bond donors (Lipinski definition) is 1. The van der Waals surface area contributed by atoms with Gasteiger partial charge in [-0.25, -0.2) is 4.98 Å². The summed E-state index contributed by atoms with van der Waals surface area (Å²) in [4.78, 5) is 31.8. The van der Waals surface area contributed by atoms with Crippen LogP contribution >= 0.6 is 11.3 Å². The molecule has 0 fully saturated rings. The molecule has 0 atom stereocenters. The Morgan fingerprint density at radius 2 is 1.80 bits per heavy atom. The number of benzene rings is 3. The molecule has 5 rings (SSSR count). The molecule has 0 unspecified atom stereocenters. The van der Waals surface area contributed by atoms with Crippen molar-refractivity contribution in [3.8, 4) is 5.75 Å². The Morgan fingerprint density at radius 1 is 1.03 bits per heavy atom. The highest BCUT2D eigenvalue weighted by Gasteiger charge is 2.25. The maximum atomic E-state index is 13.0. The number of thiazole rings is 1. The van der Waals surface area contributed by atoms with E-state index in [4.69, 9.17) is 4.74 Å². The van der Waals surface area contributed by atoms with Gasteiger partial charge in [0, 0.05) is 28.9 Å². The molecule has 0 saturated heterocycles. The van der Waals surface area contributed by atoms with Gasteiger partial charge in [0.25, 0.3) is 5.91 Å². The first-order valence-electron chi connectivity index (χ1n) is 11.5. The van der Waals surface area contributed by atoms with Gasteiger partial charge < -0.3 is 15.0 Å². The van der Waals surface area contributed by atoms with Crippen LogP contribution < -0.4 is 15.0 Å². The van der Waals surface area contributed by atoms with E-state index in [0.29, 0.717) is 30.1 Å². The zero-order chi connectivity index (χ0) is 24.2. The van der Waals surface area contributed by atoms with Crippen LogP contribution in [-0.2, 0) is 24.2 Å². The summed E-state index contributed by atoms with van der Waals surface area (Å²) in [5.41, 5.74) is 5.29. The Hall–Kier alpha value is -3.97. The van der Waals surface area contributed by atoms with Crippen molar-refractivity contribution in [1.82, 2.24) is 4.98 Å². The van der Waals surface area contributed by atoms with Crippen molar-refractivity contribution in [1.29, 1.82) is 0 Å². The van der Waals surface area contributed by atoms with Gasteiger partial charge in [-0.15, -0.1) is 11.3 Å². The van der Waals surface area contributed by atoms with E-state index in [0.717, 1.165) is 22.9 Å². The predicted octanol–water partition coefficient (Wildman–Crippen LogP) is 5.41. The second kappa shape index (κ2) is 10.1. The largest absolute Gasteiger partial charge is 0.486 e. The molecule has 4 aromatic rings. The Bertz CT molecular complexity index is 1350. The molecule has 3 aromatic carbocycles. The number of hydrogen-bond acceptors (Lipinski definition) is 5. The lowest BCUT2D eigenvalue weighted by molar-refractivity contribution is -0.115. The standard InChI is InChI=1S/C28H25N3O3S/c1-19-6-12-24(13-7-19)34-17-27-30-23(18-35-27)16-26(32)29-22-10-8-21(9-11-22)28(33)31-15-14-20-4-2-3-5-25(20)31/h2-13,18H,14-17H2,1H3,(H,29,32). The molecule has 176 valence electrons. The minimum Gasteiger partial charge on any atom is -0.486 e. The number of nitrogens with one attached hydrogen (secondary N) is 1. The molecule has 7 heteroatoms. The van der Waals surface area contributed by atoms with Gasteiger partial charge in [0.05, 0.1) is 12.1 Å². The van der Waals surface area contributed by atoms with Gasteiger partial charge in [0.15, 0.2) is 0 Å². The van der Waals surface area contributed by atoms with E-state index in [1.807, 2.05) is 59.7 Å². The lowest BCUT2D eigenvalue weighted by atomic mass is 10.1. The van der Waals surface area contributed by atoms with Gasteiger partial charge in [-0.05, 0) is 61.4 Å². The summed E-state index contributed by atoms with van der Waals surface area (Å²) in [6.45, 7) is 3.08. The average molecular weight is 484 g/mol. The van der Waals surface area contributed by atoms with Crippen molar-refractivity contribution in [2.45, 2.75) is 26.4 Å². The monoisotopic (exact) mass is 483 g/mol. The van der Waals surface area contributed by atoms with E-state index in [1.54, 1.807) is 24.3 Å². The van der Waals surface area contributed by atoms with Gasteiger partial charge in [-0.1, -0.05) is 35.9 Å². The third-order valence-corrected chi connectivity index (χ3v) is 6.74. The van der Waals surface area contributed by atoms with Crippen LogP contribution in [0.3, 0.4) is 0 Å². The number of fused-ring (bicyclic) bond motifs is 1. The molecule has 0 radical (unpaired) electrons. The van der Waals surface area contributed by atoms with Crippen molar-refractivity contribution < 1.29 is 14.3 Å². The third-order valence-electron chi connectivity index (χ3n) is 5.87. The Morgan fingerprint density at radius 3 is 2.60 bits per heavy atom. The molecule has 1 aliphatic heterocycles. The Balaban J connectivity index is 1.14.